The number of anilines is 1. The molecular weight excluding hydrogens is 274 g/mol. The average Bonchev–Trinajstić information content (AvgIpc) is 2.42. The van der Waals surface area contributed by atoms with E-state index in [0.717, 1.165) is 6.42 Å². The first-order valence-electron chi connectivity index (χ1n) is 8.16. The molecule has 0 saturated heterocycles. The van der Waals surface area contributed by atoms with Crippen LogP contribution in [0.25, 0.3) is 0 Å². The number of carbonyl (C=O) groups is 1. The van der Waals surface area contributed by atoms with Crippen LogP contribution in [0.3, 0.4) is 0 Å². The molecular formula is C19H29NO2. The van der Waals surface area contributed by atoms with Crippen LogP contribution in [0.4, 0.5) is 5.69 Å². The number of carbonyl (C=O) groups excluding carboxylic acids is 1. The van der Waals surface area contributed by atoms with E-state index in [2.05, 4.69) is 64.6 Å². The maximum Gasteiger partial charge on any atom is 0.328 e. The van der Waals surface area contributed by atoms with Gasteiger partial charge in [0.2, 0.25) is 0 Å². The van der Waals surface area contributed by atoms with E-state index in [1.807, 2.05) is 0 Å². The van der Waals surface area contributed by atoms with E-state index in [0.29, 0.717) is 5.92 Å². The van der Waals surface area contributed by atoms with Gasteiger partial charge in [-0.25, -0.2) is 4.79 Å². The zero-order valence-corrected chi connectivity index (χ0v) is 14.9. The summed E-state index contributed by atoms with van der Waals surface area (Å²) >= 11 is 0. The van der Waals surface area contributed by atoms with Crippen LogP contribution >= 0.6 is 0 Å². The molecule has 0 N–H and O–H groups in total. The summed E-state index contributed by atoms with van der Waals surface area (Å²) in [5, 5.41) is 0. The van der Waals surface area contributed by atoms with Gasteiger partial charge in [-0.2, -0.15) is 0 Å². The fourth-order valence-corrected chi connectivity index (χ4v) is 3.89. The largest absolute Gasteiger partial charge is 0.467 e. The second-order valence-corrected chi connectivity index (χ2v) is 7.56. The molecule has 0 aliphatic carbocycles. The van der Waals surface area contributed by atoms with Crippen molar-refractivity contribution in [2.24, 2.45) is 5.92 Å². The maximum atomic E-state index is 12.4. The monoisotopic (exact) mass is 303 g/mol. The average molecular weight is 303 g/mol. The van der Waals surface area contributed by atoms with Gasteiger partial charge in [0, 0.05) is 11.2 Å². The number of nitrogens with zero attached hydrogens (tertiary/aromatic N) is 1. The van der Waals surface area contributed by atoms with Crippen LogP contribution in [0.2, 0.25) is 0 Å². The van der Waals surface area contributed by atoms with E-state index in [-0.39, 0.29) is 23.5 Å². The Labute approximate surface area is 134 Å². The highest BCUT2D eigenvalue weighted by atomic mass is 16.5. The Hall–Kier alpha value is -1.51. The zero-order chi connectivity index (χ0) is 16.7. The predicted octanol–water partition coefficient (Wildman–Crippen LogP) is 4.28. The van der Waals surface area contributed by atoms with Gasteiger partial charge in [0.05, 0.1) is 7.11 Å². The lowest BCUT2D eigenvalue weighted by atomic mass is 9.77. The Morgan fingerprint density at radius 1 is 1.36 bits per heavy atom. The predicted molar refractivity (Wildman–Crippen MR) is 91.4 cm³/mol. The summed E-state index contributed by atoms with van der Waals surface area (Å²) < 4.78 is 5.11. The van der Waals surface area contributed by atoms with E-state index in [9.17, 15) is 4.79 Å². The first-order valence-corrected chi connectivity index (χ1v) is 8.16. The molecule has 0 saturated carbocycles. The SMILES string of the molecule is COC(=O)[C@H](C(C)C)N1c2ccc(C)cc2[C@H](C)CC1(C)C. The van der Waals surface area contributed by atoms with E-state index in [4.69, 9.17) is 4.74 Å². The van der Waals surface area contributed by atoms with Gasteiger partial charge in [-0.05, 0) is 50.7 Å². The summed E-state index contributed by atoms with van der Waals surface area (Å²) in [7, 11) is 1.48. The van der Waals surface area contributed by atoms with Crippen molar-refractivity contribution in [3.8, 4) is 0 Å². The van der Waals surface area contributed by atoms with Crippen molar-refractivity contribution in [2.45, 2.75) is 65.5 Å². The molecule has 1 aliphatic heterocycles. The van der Waals surface area contributed by atoms with Gasteiger partial charge >= 0.3 is 5.97 Å². The van der Waals surface area contributed by atoms with Crippen LogP contribution in [0, 0.1) is 12.8 Å². The molecule has 1 aliphatic rings. The minimum Gasteiger partial charge on any atom is -0.467 e. The molecule has 0 radical (unpaired) electrons. The van der Waals surface area contributed by atoms with Gasteiger partial charge in [0.1, 0.15) is 6.04 Å². The van der Waals surface area contributed by atoms with E-state index in [1.165, 1.54) is 23.9 Å². The smallest absolute Gasteiger partial charge is 0.328 e. The van der Waals surface area contributed by atoms with Crippen molar-refractivity contribution >= 4 is 11.7 Å². The lowest BCUT2D eigenvalue weighted by Crippen LogP contribution is -2.58. The van der Waals surface area contributed by atoms with Gasteiger partial charge in [0.15, 0.2) is 0 Å². The van der Waals surface area contributed by atoms with Crippen molar-refractivity contribution in [3.05, 3.63) is 29.3 Å². The summed E-state index contributed by atoms with van der Waals surface area (Å²) in [6.07, 6.45) is 1.03. The van der Waals surface area contributed by atoms with Crippen molar-refractivity contribution < 1.29 is 9.53 Å². The topological polar surface area (TPSA) is 29.5 Å². The molecule has 1 aromatic rings. The zero-order valence-electron chi connectivity index (χ0n) is 14.9. The van der Waals surface area contributed by atoms with Crippen LogP contribution < -0.4 is 4.90 Å². The van der Waals surface area contributed by atoms with Crippen LogP contribution in [-0.4, -0.2) is 24.7 Å². The second-order valence-electron chi connectivity index (χ2n) is 7.56. The molecule has 0 unspecified atom stereocenters. The third-order valence-electron chi connectivity index (χ3n) is 4.78. The minimum absolute atomic E-state index is 0.0786. The van der Waals surface area contributed by atoms with Gasteiger partial charge in [0.25, 0.3) is 0 Å². The molecule has 122 valence electrons. The van der Waals surface area contributed by atoms with E-state index in [1.54, 1.807) is 0 Å². The summed E-state index contributed by atoms with van der Waals surface area (Å²) in [5.41, 5.74) is 3.71. The Morgan fingerprint density at radius 2 is 2.00 bits per heavy atom. The Morgan fingerprint density at radius 3 is 2.55 bits per heavy atom. The first-order chi connectivity index (χ1) is 10.2. The summed E-state index contributed by atoms with van der Waals surface area (Å²) in [5.74, 6) is 0.532. The van der Waals surface area contributed by atoms with Gasteiger partial charge in [-0.3, -0.25) is 0 Å². The highest BCUT2D eigenvalue weighted by Gasteiger charge is 2.43. The van der Waals surface area contributed by atoms with Gasteiger partial charge in [-0.1, -0.05) is 38.5 Å². The van der Waals surface area contributed by atoms with E-state index >= 15 is 0 Å². The van der Waals surface area contributed by atoms with Gasteiger partial charge < -0.3 is 9.64 Å². The normalized spacial score (nSPS) is 21.5. The van der Waals surface area contributed by atoms with Crippen LogP contribution in [0.5, 0.6) is 0 Å². The van der Waals surface area contributed by atoms with Crippen molar-refractivity contribution in [2.75, 3.05) is 12.0 Å². The second kappa shape index (κ2) is 5.94. The molecule has 1 heterocycles. The Balaban J connectivity index is 2.61. The Kier molecular flexibility index (Phi) is 4.55. The number of esters is 1. The Bertz CT molecular complexity index is 563. The fraction of sp³-hybridized carbons (Fsp3) is 0.632. The summed E-state index contributed by atoms with van der Waals surface area (Å²) in [4.78, 5) is 14.7. The third-order valence-corrected chi connectivity index (χ3v) is 4.78. The number of rotatable bonds is 3. The van der Waals surface area contributed by atoms with Crippen LogP contribution in [0.1, 0.15) is 58.1 Å². The maximum absolute atomic E-state index is 12.4. The molecule has 2 atom stereocenters. The molecule has 0 amide bonds. The fourth-order valence-electron chi connectivity index (χ4n) is 3.89. The molecule has 0 bridgehead atoms. The highest BCUT2D eigenvalue weighted by Crippen LogP contribution is 2.45. The number of ether oxygens (including phenoxy) is 1. The van der Waals surface area contributed by atoms with Crippen LogP contribution in [0.15, 0.2) is 18.2 Å². The number of benzene rings is 1. The summed E-state index contributed by atoms with van der Waals surface area (Å²) in [6, 6.07) is 6.31. The molecule has 3 nitrogen and oxygen atoms in total. The lowest BCUT2D eigenvalue weighted by Gasteiger charge is -2.51. The first kappa shape index (κ1) is 16.9. The molecule has 1 aromatic carbocycles. The van der Waals surface area contributed by atoms with Crippen LogP contribution in [-0.2, 0) is 9.53 Å². The van der Waals surface area contributed by atoms with E-state index < -0.39 is 0 Å². The molecule has 22 heavy (non-hydrogen) atoms. The number of aryl methyl sites for hydroxylation is 1. The minimum atomic E-state index is -0.256. The van der Waals surface area contributed by atoms with Gasteiger partial charge in [-0.15, -0.1) is 0 Å². The molecule has 0 aromatic heterocycles. The molecule has 3 heteroatoms. The molecule has 2 rings (SSSR count). The number of fused-ring (bicyclic) bond motifs is 1. The number of hydrogen-bond acceptors (Lipinski definition) is 3. The molecule has 0 fully saturated rings. The number of methoxy groups -OCH3 is 1. The quantitative estimate of drug-likeness (QED) is 0.780. The molecule has 0 spiro atoms. The standard InChI is InChI=1S/C19H29NO2/c1-12(2)17(18(21)22-7)20-16-9-8-13(3)10-15(16)14(4)11-19(20,5)6/h8-10,12,14,17H,11H2,1-7H3/t14-,17+/m1/s1. The highest BCUT2D eigenvalue weighted by molar-refractivity contribution is 5.82. The third kappa shape index (κ3) is 2.86. The van der Waals surface area contributed by atoms with Crippen molar-refractivity contribution in [3.63, 3.8) is 0 Å². The summed E-state index contributed by atoms with van der Waals surface area (Å²) in [6.45, 7) is 13.0. The van der Waals surface area contributed by atoms with Crippen molar-refractivity contribution in [1.29, 1.82) is 0 Å². The van der Waals surface area contributed by atoms with Crippen molar-refractivity contribution in [1.82, 2.24) is 0 Å². The lowest BCUT2D eigenvalue weighted by molar-refractivity contribution is -0.143. The number of hydrogen-bond donors (Lipinski definition) is 0.